The number of hydrogen-bond acceptors (Lipinski definition) is 3. The Balaban J connectivity index is 1.80. The minimum absolute atomic E-state index is 0.375. The van der Waals surface area contributed by atoms with E-state index in [1.165, 1.54) is 25.7 Å². The van der Waals surface area contributed by atoms with Crippen molar-refractivity contribution in [1.82, 2.24) is 0 Å². The summed E-state index contributed by atoms with van der Waals surface area (Å²) < 4.78 is 11.1. The van der Waals surface area contributed by atoms with Crippen LogP contribution in [0.25, 0.3) is 0 Å². The predicted octanol–water partition coefficient (Wildman–Crippen LogP) is 3.35. The Bertz CT molecular complexity index is 533. The highest BCUT2D eigenvalue weighted by molar-refractivity contribution is 5.50. The molecule has 0 spiro atoms. The third-order valence-electron chi connectivity index (χ3n) is 6.35. The van der Waals surface area contributed by atoms with Crippen molar-refractivity contribution in [3.8, 4) is 11.5 Å². The van der Waals surface area contributed by atoms with Gasteiger partial charge in [-0.25, -0.2) is 0 Å². The van der Waals surface area contributed by atoms with E-state index in [0.717, 1.165) is 29.4 Å². The lowest BCUT2D eigenvalue weighted by Gasteiger charge is -2.40. The summed E-state index contributed by atoms with van der Waals surface area (Å²) in [4.78, 5) is 0. The van der Waals surface area contributed by atoms with Gasteiger partial charge in [-0.05, 0) is 61.5 Å². The summed E-state index contributed by atoms with van der Waals surface area (Å²) >= 11 is 0. The number of benzene rings is 1. The van der Waals surface area contributed by atoms with Gasteiger partial charge in [-0.2, -0.15) is 0 Å². The van der Waals surface area contributed by atoms with Gasteiger partial charge in [0.15, 0.2) is 0 Å². The van der Waals surface area contributed by atoms with Gasteiger partial charge in [0.2, 0.25) is 0 Å². The molecule has 0 amide bonds. The molecule has 3 aliphatic rings. The SMILES string of the molecule is COc1cccc(OC)c1C1(O)CC2CC1C1CCCC21. The fourth-order valence-electron chi connectivity index (χ4n) is 5.68. The molecule has 1 aromatic rings. The molecule has 3 saturated carbocycles. The summed E-state index contributed by atoms with van der Waals surface area (Å²) in [5.41, 5.74) is 0.113. The highest BCUT2D eigenvalue weighted by Crippen LogP contribution is 2.66. The molecule has 3 fully saturated rings. The number of hydrogen-bond donors (Lipinski definition) is 1. The molecule has 0 saturated heterocycles. The van der Waals surface area contributed by atoms with E-state index in [1.54, 1.807) is 14.2 Å². The van der Waals surface area contributed by atoms with Gasteiger partial charge in [-0.3, -0.25) is 0 Å². The molecule has 0 aliphatic heterocycles. The second kappa shape index (κ2) is 4.64. The van der Waals surface area contributed by atoms with E-state index in [-0.39, 0.29) is 0 Å². The molecule has 3 nitrogen and oxygen atoms in total. The van der Waals surface area contributed by atoms with Gasteiger partial charge in [0.1, 0.15) is 17.1 Å². The highest BCUT2D eigenvalue weighted by atomic mass is 16.5. The fourth-order valence-corrected chi connectivity index (χ4v) is 5.68. The first-order chi connectivity index (χ1) is 10.2. The van der Waals surface area contributed by atoms with Crippen molar-refractivity contribution in [2.24, 2.45) is 23.7 Å². The predicted molar refractivity (Wildman–Crippen MR) is 80.5 cm³/mol. The summed E-state index contributed by atoms with van der Waals surface area (Å²) in [5, 5.41) is 11.6. The third-order valence-corrected chi connectivity index (χ3v) is 6.35. The Morgan fingerprint density at radius 1 is 1.10 bits per heavy atom. The Morgan fingerprint density at radius 2 is 1.76 bits per heavy atom. The molecule has 5 unspecified atom stereocenters. The first-order valence-corrected chi connectivity index (χ1v) is 8.13. The van der Waals surface area contributed by atoms with Crippen LogP contribution in [0.1, 0.15) is 37.7 Å². The third kappa shape index (κ3) is 1.70. The standard InChI is InChI=1S/C18H24O3/c1-20-15-7-4-8-16(21-2)17(15)18(19)10-11-9-14(18)13-6-3-5-12(11)13/h4,7-8,11-14,19H,3,5-6,9-10H2,1-2H3. The molecular formula is C18H24O3. The second-order valence-electron chi connectivity index (χ2n) is 7.03. The maximum atomic E-state index is 11.6. The average Bonchev–Trinajstić information content (AvgIpc) is 3.17. The van der Waals surface area contributed by atoms with Gasteiger partial charge in [0.05, 0.1) is 19.8 Å². The lowest BCUT2D eigenvalue weighted by molar-refractivity contribution is -0.0541. The number of aliphatic hydroxyl groups is 1. The maximum absolute atomic E-state index is 11.6. The van der Waals surface area contributed by atoms with Gasteiger partial charge < -0.3 is 14.6 Å². The van der Waals surface area contributed by atoms with Crippen LogP contribution in [0.15, 0.2) is 18.2 Å². The number of methoxy groups -OCH3 is 2. The molecule has 5 atom stereocenters. The van der Waals surface area contributed by atoms with Gasteiger partial charge in [0.25, 0.3) is 0 Å². The average molecular weight is 288 g/mol. The molecule has 21 heavy (non-hydrogen) atoms. The summed E-state index contributed by atoms with van der Waals surface area (Å²) in [6, 6.07) is 5.80. The van der Waals surface area contributed by atoms with E-state index in [0.29, 0.717) is 17.8 Å². The number of fused-ring (bicyclic) bond motifs is 5. The van der Waals surface area contributed by atoms with Crippen molar-refractivity contribution >= 4 is 0 Å². The van der Waals surface area contributed by atoms with Crippen molar-refractivity contribution in [3.05, 3.63) is 23.8 Å². The van der Waals surface area contributed by atoms with E-state index in [1.807, 2.05) is 18.2 Å². The van der Waals surface area contributed by atoms with E-state index in [2.05, 4.69) is 0 Å². The number of rotatable bonds is 3. The van der Waals surface area contributed by atoms with E-state index in [4.69, 9.17) is 9.47 Å². The van der Waals surface area contributed by atoms with Gasteiger partial charge in [-0.1, -0.05) is 12.5 Å². The largest absolute Gasteiger partial charge is 0.496 e. The zero-order chi connectivity index (χ0) is 14.6. The minimum Gasteiger partial charge on any atom is -0.496 e. The van der Waals surface area contributed by atoms with Crippen molar-refractivity contribution < 1.29 is 14.6 Å². The highest BCUT2D eigenvalue weighted by Gasteiger charge is 2.62. The molecule has 1 N–H and O–H groups in total. The fraction of sp³-hybridized carbons (Fsp3) is 0.667. The van der Waals surface area contributed by atoms with E-state index < -0.39 is 5.60 Å². The van der Waals surface area contributed by atoms with Crippen LogP contribution in [-0.2, 0) is 5.60 Å². The maximum Gasteiger partial charge on any atom is 0.128 e. The van der Waals surface area contributed by atoms with Crippen molar-refractivity contribution in [1.29, 1.82) is 0 Å². The summed E-state index contributed by atoms with van der Waals surface area (Å²) in [6.07, 6.45) is 6.03. The van der Waals surface area contributed by atoms with Crippen LogP contribution in [0, 0.1) is 23.7 Å². The zero-order valence-corrected chi connectivity index (χ0v) is 12.8. The van der Waals surface area contributed by atoms with Crippen LogP contribution in [0.5, 0.6) is 11.5 Å². The van der Waals surface area contributed by atoms with Gasteiger partial charge in [-0.15, -0.1) is 0 Å². The molecule has 4 rings (SSSR count). The van der Waals surface area contributed by atoms with Crippen LogP contribution in [-0.4, -0.2) is 19.3 Å². The molecule has 3 heteroatoms. The van der Waals surface area contributed by atoms with Crippen LogP contribution in [0.4, 0.5) is 0 Å². The molecule has 114 valence electrons. The van der Waals surface area contributed by atoms with E-state index in [9.17, 15) is 5.11 Å². The molecule has 1 aromatic carbocycles. The minimum atomic E-state index is -0.770. The smallest absolute Gasteiger partial charge is 0.128 e. The lowest BCUT2D eigenvalue weighted by atomic mass is 9.69. The zero-order valence-electron chi connectivity index (χ0n) is 12.8. The molecule has 0 aromatic heterocycles. The molecule has 0 heterocycles. The molecular weight excluding hydrogens is 264 g/mol. The Hall–Kier alpha value is -1.22. The second-order valence-corrected chi connectivity index (χ2v) is 7.03. The summed E-state index contributed by atoms with van der Waals surface area (Å²) in [7, 11) is 3.35. The van der Waals surface area contributed by atoms with Gasteiger partial charge >= 0.3 is 0 Å². The van der Waals surface area contributed by atoms with Crippen LogP contribution < -0.4 is 9.47 Å². The Labute approximate surface area is 126 Å². The van der Waals surface area contributed by atoms with Crippen molar-refractivity contribution in [2.75, 3.05) is 14.2 Å². The summed E-state index contributed by atoms with van der Waals surface area (Å²) in [6.45, 7) is 0. The lowest BCUT2D eigenvalue weighted by Crippen LogP contribution is -2.39. The summed E-state index contributed by atoms with van der Waals surface area (Å²) in [5.74, 6) is 4.14. The Kier molecular flexibility index (Phi) is 2.97. The van der Waals surface area contributed by atoms with Crippen molar-refractivity contribution in [3.63, 3.8) is 0 Å². The van der Waals surface area contributed by atoms with E-state index >= 15 is 0 Å². The molecule has 0 radical (unpaired) electrons. The normalized spacial score (nSPS) is 40.3. The number of ether oxygens (including phenoxy) is 2. The van der Waals surface area contributed by atoms with Crippen LogP contribution in [0.3, 0.4) is 0 Å². The molecule has 3 aliphatic carbocycles. The van der Waals surface area contributed by atoms with Crippen molar-refractivity contribution in [2.45, 2.75) is 37.7 Å². The monoisotopic (exact) mass is 288 g/mol. The first kappa shape index (κ1) is 13.4. The quantitative estimate of drug-likeness (QED) is 0.927. The first-order valence-electron chi connectivity index (χ1n) is 8.13. The topological polar surface area (TPSA) is 38.7 Å². The Morgan fingerprint density at radius 3 is 2.43 bits per heavy atom. The van der Waals surface area contributed by atoms with Crippen LogP contribution in [0.2, 0.25) is 0 Å². The molecule has 2 bridgehead atoms. The van der Waals surface area contributed by atoms with Gasteiger partial charge in [0, 0.05) is 0 Å². The van der Waals surface area contributed by atoms with Crippen LogP contribution >= 0.6 is 0 Å².